The summed E-state index contributed by atoms with van der Waals surface area (Å²) >= 11 is 0. The van der Waals surface area contributed by atoms with E-state index in [4.69, 9.17) is 15.7 Å². The zero-order chi connectivity index (χ0) is 29.5. The lowest BCUT2D eigenvalue weighted by atomic mass is 9.80. The summed E-state index contributed by atoms with van der Waals surface area (Å²) < 4.78 is 15.6. The highest BCUT2D eigenvalue weighted by atomic mass is 19.1. The summed E-state index contributed by atoms with van der Waals surface area (Å²) in [6.45, 7) is 3.10. The number of halogens is 1. The van der Waals surface area contributed by atoms with E-state index in [2.05, 4.69) is 34.1 Å². The van der Waals surface area contributed by atoms with E-state index in [-0.39, 0.29) is 11.7 Å². The number of benzene rings is 2. The van der Waals surface area contributed by atoms with Crippen molar-refractivity contribution in [3.05, 3.63) is 90.4 Å². The predicted octanol–water partition coefficient (Wildman–Crippen LogP) is 6.16. The van der Waals surface area contributed by atoms with Gasteiger partial charge in [0.25, 0.3) is 0 Å². The summed E-state index contributed by atoms with van der Waals surface area (Å²) in [6, 6.07) is 22.5. The minimum absolute atomic E-state index is 0.161. The van der Waals surface area contributed by atoms with Gasteiger partial charge in [0, 0.05) is 43.0 Å². The van der Waals surface area contributed by atoms with E-state index in [1.165, 1.54) is 17.7 Å². The van der Waals surface area contributed by atoms with Crippen molar-refractivity contribution in [2.24, 2.45) is 11.8 Å². The molecule has 0 unspecified atom stereocenters. The van der Waals surface area contributed by atoms with E-state index >= 15 is 0 Å². The molecule has 1 saturated heterocycles. The Morgan fingerprint density at radius 2 is 1.67 bits per heavy atom. The molecule has 0 radical (unpaired) electrons. The molecule has 43 heavy (non-hydrogen) atoms. The van der Waals surface area contributed by atoms with Crippen molar-refractivity contribution in [2.45, 2.75) is 31.6 Å². The number of nitrogens with zero attached hydrogens (tertiary/aromatic N) is 5. The molecule has 2 aromatic carbocycles. The highest BCUT2D eigenvalue weighted by Crippen LogP contribution is 2.35. The quantitative estimate of drug-likeness (QED) is 0.239. The normalized spacial score (nSPS) is 19.4. The molecule has 4 heterocycles. The predicted molar refractivity (Wildman–Crippen MR) is 164 cm³/mol. The molecule has 3 N–H and O–H groups in total. The van der Waals surface area contributed by atoms with Crippen molar-refractivity contribution in [2.75, 3.05) is 25.4 Å². The molecule has 1 saturated carbocycles. The number of hydrogen-bond acceptors (Lipinski definition) is 6. The Hall–Kier alpha value is -4.63. The van der Waals surface area contributed by atoms with Gasteiger partial charge in [0.15, 0.2) is 11.5 Å². The molecule has 0 bridgehead atoms. The number of likely N-dealkylation sites (tertiary alicyclic amines) is 1. The van der Waals surface area contributed by atoms with Gasteiger partial charge in [0.1, 0.15) is 17.2 Å². The van der Waals surface area contributed by atoms with Gasteiger partial charge in [-0.1, -0.05) is 12.1 Å². The van der Waals surface area contributed by atoms with Crippen LogP contribution in [0.3, 0.4) is 0 Å². The van der Waals surface area contributed by atoms with Crippen LogP contribution in [0.5, 0.6) is 0 Å². The molecule has 8 nitrogen and oxygen atoms in total. The highest BCUT2D eigenvalue weighted by molar-refractivity contribution is 5.84. The second-order valence-corrected chi connectivity index (χ2v) is 11.8. The molecule has 0 amide bonds. The standard InChI is InChI=1S/C34H33FN6O2/c35-26-11-7-23(8-12-26)29-15-16-30-33(38-29)41(32(39-30)28-2-1-17-37-31(28)36)27-13-9-22(10-14-27)25-19-40(20-25)18-21-3-5-24(6-4-21)34(42)43/h1-2,7-17,21,24-25H,3-6,18-20H2,(H2,36,37)(H,42,43). The summed E-state index contributed by atoms with van der Waals surface area (Å²) in [5.74, 6) is 1.02. The minimum Gasteiger partial charge on any atom is -0.481 e. The van der Waals surface area contributed by atoms with E-state index in [1.807, 2.05) is 28.8 Å². The van der Waals surface area contributed by atoms with Crippen LogP contribution in [-0.4, -0.2) is 55.1 Å². The Kier molecular flexibility index (Phi) is 7.10. The van der Waals surface area contributed by atoms with Gasteiger partial charge < -0.3 is 15.7 Å². The van der Waals surface area contributed by atoms with Crippen molar-refractivity contribution < 1.29 is 14.3 Å². The highest BCUT2D eigenvalue weighted by Gasteiger charge is 2.32. The van der Waals surface area contributed by atoms with Crippen LogP contribution in [0.1, 0.15) is 37.2 Å². The lowest BCUT2D eigenvalue weighted by molar-refractivity contribution is -0.143. The first-order valence-electron chi connectivity index (χ1n) is 14.8. The molecule has 9 heteroatoms. The van der Waals surface area contributed by atoms with E-state index in [0.717, 1.165) is 73.3 Å². The maximum Gasteiger partial charge on any atom is 0.306 e. The Labute approximate surface area is 249 Å². The van der Waals surface area contributed by atoms with Gasteiger partial charge in [-0.15, -0.1) is 0 Å². The summed E-state index contributed by atoms with van der Waals surface area (Å²) in [4.78, 5) is 27.9. The number of nitrogens with two attached hydrogens (primary N) is 1. The van der Waals surface area contributed by atoms with Crippen LogP contribution in [0.2, 0.25) is 0 Å². The fourth-order valence-corrected chi connectivity index (χ4v) is 6.55. The molecule has 2 aliphatic rings. The molecule has 1 aliphatic carbocycles. The lowest BCUT2D eigenvalue weighted by Gasteiger charge is -2.42. The van der Waals surface area contributed by atoms with Crippen LogP contribution < -0.4 is 5.73 Å². The number of fused-ring (bicyclic) bond motifs is 1. The van der Waals surface area contributed by atoms with Gasteiger partial charge in [-0.05, 0) is 97.8 Å². The fraction of sp³-hybridized carbons (Fsp3) is 0.294. The molecular formula is C34H33FN6O2. The van der Waals surface area contributed by atoms with Gasteiger partial charge in [0.2, 0.25) is 0 Å². The van der Waals surface area contributed by atoms with Crippen molar-refractivity contribution >= 4 is 23.0 Å². The molecule has 3 aromatic heterocycles. The molecule has 2 fully saturated rings. The number of carbonyl (C=O) groups is 1. The number of pyridine rings is 2. The number of aliphatic carboxylic acids is 1. The molecule has 218 valence electrons. The van der Waals surface area contributed by atoms with Crippen LogP contribution >= 0.6 is 0 Å². The van der Waals surface area contributed by atoms with Crippen molar-refractivity contribution in [1.29, 1.82) is 0 Å². The summed E-state index contributed by atoms with van der Waals surface area (Å²) in [7, 11) is 0. The van der Waals surface area contributed by atoms with Crippen molar-refractivity contribution in [3.63, 3.8) is 0 Å². The third kappa shape index (κ3) is 5.36. The SMILES string of the molecule is Nc1ncccc1-c1nc2ccc(-c3ccc(F)cc3)nc2n1-c1ccc(C2CN(CC3CCC(C(=O)O)CC3)C2)cc1. The van der Waals surface area contributed by atoms with Crippen LogP contribution in [0.15, 0.2) is 79.0 Å². The van der Waals surface area contributed by atoms with Gasteiger partial charge in [0.05, 0.1) is 17.2 Å². The average molecular weight is 577 g/mol. The van der Waals surface area contributed by atoms with E-state index in [1.54, 1.807) is 18.3 Å². The summed E-state index contributed by atoms with van der Waals surface area (Å²) in [5.41, 5.74) is 12.2. The number of imidazole rings is 1. The molecule has 5 aromatic rings. The third-order valence-electron chi connectivity index (χ3n) is 9.02. The molecule has 1 aliphatic heterocycles. The Balaban J connectivity index is 1.14. The molecule has 0 atom stereocenters. The van der Waals surface area contributed by atoms with Crippen molar-refractivity contribution in [1.82, 2.24) is 24.4 Å². The summed E-state index contributed by atoms with van der Waals surface area (Å²) in [6.07, 6.45) is 5.27. The number of carboxylic acid groups (broad SMARTS) is 1. The second-order valence-electron chi connectivity index (χ2n) is 11.8. The Morgan fingerprint density at radius 1 is 0.930 bits per heavy atom. The lowest BCUT2D eigenvalue weighted by Crippen LogP contribution is -2.47. The topological polar surface area (TPSA) is 110 Å². The van der Waals surface area contributed by atoms with E-state index < -0.39 is 5.97 Å². The van der Waals surface area contributed by atoms with Crippen LogP contribution in [0, 0.1) is 17.7 Å². The van der Waals surface area contributed by atoms with Crippen LogP contribution in [-0.2, 0) is 4.79 Å². The maximum atomic E-state index is 13.6. The first-order valence-corrected chi connectivity index (χ1v) is 14.8. The van der Waals surface area contributed by atoms with Gasteiger partial charge in [-0.25, -0.2) is 19.3 Å². The van der Waals surface area contributed by atoms with Gasteiger partial charge in [-0.3, -0.25) is 9.36 Å². The smallest absolute Gasteiger partial charge is 0.306 e. The molecule has 0 spiro atoms. The fourth-order valence-electron chi connectivity index (χ4n) is 6.55. The Bertz CT molecular complexity index is 1770. The van der Waals surface area contributed by atoms with E-state index in [0.29, 0.717) is 29.1 Å². The molecule has 7 rings (SSSR count). The van der Waals surface area contributed by atoms with Crippen LogP contribution in [0.4, 0.5) is 10.2 Å². The molecular weight excluding hydrogens is 543 g/mol. The number of rotatable bonds is 7. The van der Waals surface area contributed by atoms with Gasteiger partial charge >= 0.3 is 5.97 Å². The maximum absolute atomic E-state index is 13.6. The zero-order valence-electron chi connectivity index (χ0n) is 23.7. The van der Waals surface area contributed by atoms with E-state index in [9.17, 15) is 14.3 Å². The Morgan fingerprint density at radius 3 is 2.37 bits per heavy atom. The van der Waals surface area contributed by atoms with Crippen molar-refractivity contribution in [3.8, 4) is 28.3 Å². The number of anilines is 1. The number of nitrogen functional groups attached to an aromatic ring is 1. The largest absolute Gasteiger partial charge is 0.481 e. The monoisotopic (exact) mass is 576 g/mol. The van der Waals surface area contributed by atoms with Crippen LogP contribution in [0.25, 0.3) is 39.5 Å². The first-order chi connectivity index (χ1) is 20.9. The number of hydrogen-bond donors (Lipinski definition) is 2. The minimum atomic E-state index is -0.644. The van der Waals surface area contributed by atoms with Gasteiger partial charge in [-0.2, -0.15) is 0 Å². The number of carboxylic acids is 1. The second kappa shape index (κ2) is 11.2. The number of aromatic nitrogens is 4. The first kappa shape index (κ1) is 27.2. The third-order valence-corrected chi connectivity index (χ3v) is 9.02. The zero-order valence-corrected chi connectivity index (χ0v) is 23.7. The average Bonchev–Trinajstić information content (AvgIpc) is 3.38. The summed E-state index contributed by atoms with van der Waals surface area (Å²) in [5, 5.41) is 9.27.